The molecule has 4 aromatic rings. The second-order valence-electron chi connectivity index (χ2n) is 8.62. The molecule has 0 saturated carbocycles. The van der Waals surface area contributed by atoms with Gasteiger partial charge < -0.3 is 0 Å². The van der Waals surface area contributed by atoms with Gasteiger partial charge in [-0.25, -0.2) is 14.1 Å². The molecule has 0 N–H and O–H groups in total. The van der Waals surface area contributed by atoms with E-state index in [-0.39, 0.29) is 11.5 Å². The van der Waals surface area contributed by atoms with E-state index in [9.17, 15) is 14.5 Å². The minimum absolute atomic E-state index is 0.0326. The van der Waals surface area contributed by atoms with E-state index < -0.39 is 4.92 Å². The Balaban J connectivity index is 1.70. The van der Waals surface area contributed by atoms with E-state index in [0.717, 1.165) is 41.8 Å². The van der Waals surface area contributed by atoms with Crippen LogP contribution in [-0.4, -0.2) is 15.3 Å². The lowest BCUT2D eigenvalue weighted by atomic mass is 9.86. The quantitative estimate of drug-likeness (QED) is 0.238. The van der Waals surface area contributed by atoms with E-state index in [1.807, 2.05) is 5.38 Å². The average Bonchev–Trinajstić information content (AvgIpc) is 3.23. The van der Waals surface area contributed by atoms with E-state index in [0.29, 0.717) is 10.5 Å². The highest BCUT2D eigenvalue weighted by molar-refractivity contribution is 7.07. The number of nitro benzene ring substituents is 1. The van der Waals surface area contributed by atoms with Crippen molar-refractivity contribution in [3.63, 3.8) is 0 Å². The zero-order valence-electron chi connectivity index (χ0n) is 19.4. The summed E-state index contributed by atoms with van der Waals surface area (Å²) < 4.78 is 15.2. The van der Waals surface area contributed by atoms with Crippen molar-refractivity contribution in [3.05, 3.63) is 109 Å². The molecule has 1 aliphatic carbocycles. The van der Waals surface area contributed by atoms with Crippen molar-refractivity contribution in [2.75, 3.05) is 0 Å². The fourth-order valence-electron chi connectivity index (χ4n) is 4.43. The first-order valence-electron chi connectivity index (χ1n) is 11.3. The predicted molar refractivity (Wildman–Crippen MR) is 137 cm³/mol. The molecule has 1 aromatic heterocycles. The summed E-state index contributed by atoms with van der Waals surface area (Å²) in [4.78, 5) is 16.1. The SMILES string of the molecule is Cc1cc(C)c2c(c1)C(=Nn1c(-c3ccc([N+](=O)[O-])cc3)csc1=Nc1ccc(F)cc1)CCC2. The van der Waals surface area contributed by atoms with Crippen LogP contribution in [0.5, 0.6) is 0 Å². The molecule has 0 unspecified atom stereocenters. The van der Waals surface area contributed by atoms with Crippen LogP contribution in [0.3, 0.4) is 0 Å². The van der Waals surface area contributed by atoms with Crippen LogP contribution in [0.25, 0.3) is 11.3 Å². The zero-order chi connectivity index (χ0) is 24.5. The van der Waals surface area contributed by atoms with Gasteiger partial charge in [-0.1, -0.05) is 11.6 Å². The Morgan fingerprint density at radius 1 is 1.03 bits per heavy atom. The smallest absolute Gasteiger partial charge is 0.258 e. The van der Waals surface area contributed by atoms with Gasteiger partial charge in [0.2, 0.25) is 4.80 Å². The van der Waals surface area contributed by atoms with Crippen molar-refractivity contribution in [2.45, 2.75) is 33.1 Å². The number of halogens is 1. The molecular formula is C27H23FN4O2S. The molecule has 0 bridgehead atoms. The fourth-order valence-corrected chi connectivity index (χ4v) is 5.28. The van der Waals surface area contributed by atoms with Crippen molar-refractivity contribution >= 4 is 28.4 Å². The summed E-state index contributed by atoms with van der Waals surface area (Å²) in [6.45, 7) is 4.24. The maximum Gasteiger partial charge on any atom is 0.269 e. The van der Waals surface area contributed by atoms with Crippen LogP contribution in [0.15, 0.2) is 76.1 Å². The molecule has 0 radical (unpaired) electrons. The molecule has 176 valence electrons. The van der Waals surface area contributed by atoms with Gasteiger partial charge in [-0.3, -0.25) is 10.1 Å². The van der Waals surface area contributed by atoms with Crippen LogP contribution in [0.2, 0.25) is 0 Å². The highest BCUT2D eigenvalue weighted by Crippen LogP contribution is 2.28. The van der Waals surface area contributed by atoms with Crippen molar-refractivity contribution in [1.82, 2.24) is 4.68 Å². The molecule has 1 aliphatic rings. The molecule has 8 heteroatoms. The summed E-state index contributed by atoms with van der Waals surface area (Å²) in [5.74, 6) is -0.320. The summed E-state index contributed by atoms with van der Waals surface area (Å²) in [6, 6.07) is 16.8. The Bertz CT molecular complexity index is 1520. The van der Waals surface area contributed by atoms with Crippen molar-refractivity contribution in [2.24, 2.45) is 10.1 Å². The first-order chi connectivity index (χ1) is 16.9. The molecule has 0 saturated heterocycles. The van der Waals surface area contributed by atoms with Gasteiger partial charge in [0.1, 0.15) is 5.82 Å². The van der Waals surface area contributed by atoms with E-state index in [1.54, 1.807) is 28.9 Å². The maximum absolute atomic E-state index is 13.4. The fraction of sp³-hybridized carbons (Fsp3) is 0.185. The standard InChI is InChI=1S/C27H23FN4O2S/c1-17-14-18(2)23-4-3-5-25(24(23)15-17)30-31-26(19-6-12-22(13-7-19)32(33)34)16-35-27(31)29-21-10-8-20(28)9-11-21/h6-16H,3-5H2,1-2H3. The topological polar surface area (TPSA) is 72.8 Å². The number of nitro groups is 1. The molecule has 5 rings (SSSR count). The Morgan fingerprint density at radius 3 is 2.49 bits per heavy atom. The predicted octanol–water partition coefficient (Wildman–Crippen LogP) is 6.70. The lowest BCUT2D eigenvalue weighted by Gasteiger charge is -2.21. The molecule has 3 aromatic carbocycles. The zero-order valence-corrected chi connectivity index (χ0v) is 20.2. The first-order valence-corrected chi connectivity index (χ1v) is 12.2. The van der Waals surface area contributed by atoms with Gasteiger partial charge in [0, 0.05) is 28.6 Å². The molecular weight excluding hydrogens is 463 g/mol. The number of fused-ring (bicyclic) bond motifs is 1. The van der Waals surface area contributed by atoms with Crippen molar-refractivity contribution < 1.29 is 9.31 Å². The highest BCUT2D eigenvalue weighted by Gasteiger charge is 2.19. The molecule has 35 heavy (non-hydrogen) atoms. The van der Waals surface area contributed by atoms with Gasteiger partial charge >= 0.3 is 0 Å². The third-order valence-electron chi connectivity index (χ3n) is 6.10. The number of aromatic nitrogens is 1. The molecule has 0 atom stereocenters. The number of aryl methyl sites for hydroxylation is 2. The van der Waals surface area contributed by atoms with Crippen molar-refractivity contribution in [1.29, 1.82) is 0 Å². The highest BCUT2D eigenvalue weighted by atomic mass is 32.1. The van der Waals surface area contributed by atoms with Gasteiger partial charge in [-0.05, 0) is 86.7 Å². The first kappa shape index (κ1) is 22.9. The third-order valence-corrected chi connectivity index (χ3v) is 6.92. The van der Waals surface area contributed by atoms with Crippen LogP contribution < -0.4 is 4.80 Å². The van der Waals surface area contributed by atoms with E-state index in [4.69, 9.17) is 10.1 Å². The third kappa shape index (κ3) is 4.70. The Kier molecular flexibility index (Phi) is 6.13. The van der Waals surface area contributed by atoms with Gasteiger partial charge in [-0.2, -0.15) is 5.10 Å². The number of thiazole rings is 1. The number of hydrogen-bond acceptors (Lipinski definition) is 5. The van der Waals surface area contributed by atoms with Gasteiger partial charge in [0.15, 0.2) is 0 Å². The summed E-state index contributed by atoms with van der Waals surface area (Å²) in [5.41, 5.74) is 8.18. The minimum atomic E-state index is -0.412. The van der Waals surface area contributed by atoms with E-state index in [1.165, 1.54) is 52.3 Å². The van der Waals surface area contributed by atoms with Gasteiger partial charge in [0.25, 0.3) is 5.69 Å². The summed E-state index contributed by atoms with van der Waals surface area (Å²) >= 11 is 1.42. The van der Waals surface area contributed by atoms with Crippen LogP contribution in [0.1, 0.15) is 35.1 Å². The second-order valence-corrected chi connectivity index (χ2v) is 9.45. The average molecular weight is 487 g/mol. The lowest BCUT2D eigenvalue weighted by Crippen LogP contribution is -2.19. The number of benzene rings is 3. The van der Waals surface area contributed by atoms with Crippen LogP contribution >= 0.6 is 11.3 Å². The molecule has 0 fully saturated rings. The number of hydrogen-bond donors (Lipinski definition) is 0. The number of non-ortho nitro benzene ring substituents is 1. The Hall–Kier alpha value is -3.91. The summed E-state index contributed by atoms with van der Waals surface area (Å²) in [7, 11) is 0. The minimum Gasteiger partial charge on any atom is -0.258 e. The number of nitrogens with zero attached hydrogens (tertiary/aromatic N) is 4. The molecule has 6 nitrogen and oxygen atoms in total. The van der Waals surface area contributed by atoms with E-state index in [2.05, 4.69) is 26.0 Å². The maximum atomic E-state index is 13.4. The normalized spacial score (nSPS) is 14.8. The molecule has 0 aliphatic heterocycles. The monoisotopic (exact) mass is 486 g/mol. The number of rotatable bonds is 4. The van der Waals surface area contributed by atoms with Gasteiger partial charge in [0.05, 0.1) is 22.0 Å². The molecule has 0 spiro atoms. The van der Waals surface area contributed by atoms with Crippen LogP contribution in [0.4, 0.5) is 15.8 Å². The van der Waals surface area contributed by atoms with Gasteiger partial charge in [-0.15, -0.1) is 11.3 Å². The van der Waals surface area contributed by atoms with Crippen LogP contribution in [-0.2, 0) is 6.42 Å². The Morgan fingerprint density at radius 2 is 1.77 bits per heavy atom. The second kappa shape index (κ2) is 9.38. The van der Waals surface area contributed by atoms with E-state index >= 15 is 0 Å². The summed E-state index contributed by atoms with van der Waals surface area (Å²) in [6.07, 6.45) is 2.88. The molecule has 0 amide bonds. The van der Waals surface area contributed by atoms with Crippen LogP contribution in [0, 0.1) is 29.8 Å². The Labute approximate surface area is 205 Å². The largest absolute Gasteiger partial charge is 0.269 e. The van der Waals surface area contributed by atoms with Crippen molar-refractivity contribution in [3.8, 4) is 11.3 Å². The summed E-state index contributed by atoms with van der Waals surface area (Å²) in [5, 5.41) is 18.2. The molecule has 1 heterocycles. The lowest BCUT2D eigenvalue weighted by molar-refractivity contribution is -0.384.